The fraction of sp³-hybridized carbons (Fsp3) is 0.111. The first-order valence-corrected chi connectivity index (χ1v) is 5.82. The summed E-state index contributed by atoms with van der Waals surface area (Å²) in [6.45, 7) is 16.0. The number of benzene rings is 2. The monoisotopic (exact) mass is 420 g/mol. The smallest absolute Gasteiger partial charge is 0 e. The average molecular weight is 420 g/mol. The third kappa shape index (κ3) is 36.2. The zero-order chi connectivity index (χ0) is 14.5. The van der Waals surface area contributed by atoms with Crippen molar-refractivity contribution in [1.29, 1.82) is 0 Å². The van der Waals surface area contributed by atoms with Gasteiger partial charge in [-0.15, -0.1) is 26.3 Å². The van der Waals surface area contributed by atoms with Gasteiger partial charge >= 0.3 is 0 Å². The van der Waals surface area contributed by atoms with Crippen molar-refractivity contribution in [2.24, 2.45) is 0 Å². The zero-order valence-corrected chi connectivity index (χ0v) is 18.4. The molecule has 106 valence electrons. The van der Waals surface area contributed by atoms with Crippen molar-refractivity contribution in [1.82, 2.24) is 0 Å². The third-order valence-electron chi connectivity index (χ3n) is 1.21. The first-order valence-electron chi connectivity index (χ1n) is 5.82. The van der Waals surface area contributed by atoms with Gasteiger partial charge < -0.3 is 0 Å². The van der Waals surface area contributed by atoms with E-state index in [1.165, 1.54) is 0 Å². The Hall–Kier alpha value is 0.128. The van der Waals surface area contributed by atoms with Gasteiger partial charge in [0.15, 0.2) is 0 Å². The van der Waals surface area contributed by atoms with Gasteiger partial charge in [-0.05, 0) is 0 Å². The van der Waals surface area contributed by atoms with Gasteiger partial charge in [-0.2, -0.15) is 72.8 Å². The van der Waals surface area contributed by atoms with Gasteiger partial charge in [0.1, 0.15) is 0 Å². The summed E-state index contributed by atoms with van der Waals surface area (Å²) >= 11 is 0. The summed E-state index contributed by atoms with van der Waals surface area (Å²) in [5, 5.41) is 0. The molecule has 2 rings (SSSR count). The van der Waals surface area contributed by atoms with E-state index in [1.807, 2.05) is 74.5 Å². The molecule has 0 spiro atoms. The Morgan fingerprint density at radius 1 is 0.550 bits per heavy atom. The number of rotatable bonds is 0. The molecule has 0 nitrogen and oxygen atoms in total. The second-order valence-electron chi connectivity index (χ2n) is 2.15. The minimum Gasteiger partial charge on any atom is -0.184 e. The standard InChI is InChI=1S/2C6H5.C2H6.2C2H4.2Y.H2/c2*1-2-4-6-5-3-1;3*1-2;;;/h2*1-5H;1-2H3;2*1-2H2;;;1H/q2*-1;;;;;;. The summed E-state index contributed by atoms with van der Waals surface area (Å²) in [6.07, 6.45) is 0. The van der Waals surface area contributed by atoms with E-state index in [0.29, 0.717) is 0 Å². The molecule has 2 aromatic carbocycles. The molecule has 0 atom stereocenters. The molecule has 0 saturated carbocycles. The minimum absolute atomic E-state index is 0. The van der Waals surface area contributed by atoms with E-state index in [1.54, 1.807) is 0 Å². The van der Waals surface area contributed by atoms with E-state index in [-0.39, 0.29) is 66.8 Å². The molecule has 2 radical (unpaired) electrons. The van der Waals surface area contributed by atoms with E-state index < -0.39 is 0 Å². The molecule has 0 fully saturated rings. The van der Waals surface area contributed by atoms with Crippen LogP contribution in [0.25, 0.3) is 0 Å². The van der Waals surface area contributed by atoms with Gasteiger partial charge in [-0.25, -0.2) is 0 Å². The molecule has 0 unspecified atom stereocenters. The molecule has 0 bridgehead atoms. The number of hydrogen-bond acceptors (Lipinski definition) is 0. The predicted molar refractivity (Wildman–Crippen MR) is 86.5 cm³/mol. The van der Waals surface area contributed by atoms with Crippen LogP contribution >= 0.6 is 0 Å². The largest absolute Gasteiger partial charge is 0.184 e. The van der Waals surface area contributed by atoms with E-state index in [2.05, 4.69) is 38.4 Å². The molecule has 0 aliphatic rings. The van der Waals surface area contributed by atoms with E-state index in [4.69, 9.17) is 0 Å². The first-order chi connectivity index (χ1) is 9.00. The Labute approximate surface area is 178 Å². The fourth-order valence-corrected chi connectivity index (χ4v) is 0.684. The van der Waals surface area contributed by atoms with Crippen LogP contribution in [0.2, 0.25) is 0 Å². The maximum atomic E-state index is 3.00. The van der Waals surface area contributed by atoms with Crippen molar-refractivity contribution in [2.45, 2.75) is 13.8 Å². The molecular formula is C18H26Y2-2. The van der Waals surface area contributed by atoms with Gasteiger partial charge in [0.25, 0.3) is 0 Å². The van der Waals surface area contributed by atoms with Crippen LogP contribution in [-0.2, 0) is 65.4 Å². The van der Waals surface area contributed by atoms with Gasteiger partial charge in [-0.3, -0.25) is 0 Å². The average Bonchev–Trinajstić information content (AvgIpc) is 2.57. The van der Waals surface area contributed by atoms with Crippen molar-refractivity contribution >= 4 is 0 Å². The van der Waals surface area contributed by atoms with Crippen molar-refractivity contribution in [2.75, 3.05) is 0 Å². The Balaban J connectivity index is -0.0000000359. The van der Waals surface area contributed by atoms with Crippen LogP contribution in [0.5, 0.6) is 0 Å². The molecule has 0 aromatic heterocycles. The van der Waals surface area contributed by atoms with Gasteiger partial charge in [0, 0.05) is 66.8 Å². The summed E-state index contributed by atoms with van der Waals surface area (Å²) in [5.74, 6) is 0. The maximum Gasteiger partial charge on any atom is 0 e. The minimum atomic E-state index is 0. The normalized spacial score (nSPS) is 5.50. The Morgan fingerprint density at radius 2 is 0.750 bits per heavy atom. The summed E-state index contributed by atoms with van der Waals surface area (Å²) in [7, 11) is 0. The van der Waals surface area contributed by atoms with E-state index >= 15 is 0 Å². The van der Waals surface area contributed by atoms with Crippen LogP contribution in [0.4, 0.5) is 0 Å². The van der Waals surface area contributed by atoms with Crippen LogP contribution in [0, 0.1) is 12.1 Å². The SMILES string of the molecule is C=C.C=C.CC.[HH].[Y].[Y].[c-]1ccccc1.[c-]1ccccc1. The topological polar surface area (TPSA) is 0 Å². The molecule has 0 N–H and O–H groups in total. The summed E-state index contributed by atoms with van der Waals surface area (Å²) in [5.41, 5.74) is 0. The molecule has 2 aromatic rings. The Bertz CT molecular complexity index is 214. The second kappa shape index (κ2) is 42.7. The van der Waals surface area contributed by atoms with E-state index in [0.717, 1.165) is 0 Å². The molecule has 0 heterocycles. The zero-order valence-electron chi connectivity index (χ0n) is 12.8. The van der Waals surface area contributed by atoms with Gasteiger partial charge in [0.05, 0.1) is 0 Å². The second-order valence-corrected chi connectivity index (χ2v) is 2.15. The van der Waals surface area contributed by atoms with Crippen molar-refractivity contribution in [3.8, 4) is 0 Å². The predicted octanol–water partition coefficient (Wildman–Crippen LogP) is 5.85. The Morgan fingerprint density at radius 3 is 0.800 bits per heavy atom. The quantitative estimate of drug-likeness (QED) is 0.371. The summed E-state index contributed by atoms with van der Waals surface area (Å²) in [6, 6.07) is 25.0. The summed E-state index contributed by atoms with van der Waals surface area (Å²) in [4.78, 5) is 0. The maximum absolute atomic E-state index is 3.00. The fourth-order valence-electron chi connectivity index (χ4n) is 0.684. The van der Waals surface area contributed by atoms with Crippen molar-refractivity contribution in [3.63, 3.8) is 0 Å². The Kier molecular flexibility index (Phi) is 68.8. The molecule has 0 aliphatic carbocycles. The first kappa shape index (κ1) is 32.2. The molecule has 0 aliphatic heterocycles. The molecular weight excluding hydrogens is 394 g/mol. The van der Waals surface area contributed by atoms with Crippen LogP contribution in [-0.4, -0.2) is 0 Å². The van der Waals surface area contributed by atoms with Gasteiger partial charge in [0.2, 0.25) is 0 Å². The van der Waals surface area contributed by atoms with Gasteiger partial charge in [-0.1, -0.05) is 13.8 Å². The number of hydrogen-bond donors (Lipinski definition) is 0. The molecule has 0 amide bonds. The third-order valence-corrected chi connectivity index (χ3v) is 1.21. The van der Waals surface area contributed by atoms with E-state index in [9.17, 15) is 0 Å². The molecule has 2 heteroatoms. The van der Waals surface area contributed by atoms with Crippen LogP contribution < -0.4 is 0 Å². The van der Waals surface area contributed by atoms with Crippen LogP contribution in [0.1, 0.15) is 15.3 Å². The van der Waals surface area contributed by atoms with Crippen LogP contribution in [0.3, 0.4) is 0 Å². The molecule has 20 heavy (non-hydrogen) atoms. The molecule has 0 saturated heterocycles. The summed E-state index contributed by atoms with van der Waals surface area (Å²) < 4.78 is 0. The van der Waals surface area contributed by atoms with Crippen molar-refractivity contribution < 1.29 is 66.8 Å². The van der Waals surface area contributed by atoms with Crippen molar-refractivity contribution in [3.05, 3.63) is 99.1 Å². The van der Waals surface area contributed by atoms with Crippen LogP contribution in [0.15, 0.2) is 87.0 Å².